The van der Waals surface area contributed by atoms with E-state index >= 15 is 0 Å². The fourth-order valence-corrected chi connectivity index (χ4v) is 4.79. The number of carbonyl (C=O) groups excluding carboxylic acids is 1. The molecule has 0 spiro atoms. The van der Waals surface area contributed by atoms with Gasteiger partial charge < -0.3 is 9.64 Å². The number of benzene rings is 2. The molecule has 2 aliphatic heterocycles. The number of fused-ring (bicyclic) bond motifs is 1. The molecular weight excluding hydrogens is 394 g/mol. The molecule has 28 heavy (non-hydrogen) atoms. The number of ether oxygens (including phenoxy) is 1. The van der Waals surface area contributed by atoms with Crippen LogP contribution >= 0.6 is 23.4 Å². The number of hydrogen-bond donors (Lipinski definition) is 0. The van der Waals surface area contributed by atoms with E-state index in [0.717, 1.165) is 22.0 Å². The molecule has 2 aliphatic rings. The Kier molecular flexibility index (Phi) is 5.21. The number of methoxy groups -OCH3 is 1. The lowest BCUT2D eigenvalue weighted by Crippen LogP contribution is -2.47. The average Bonchev–Trinajstić information content (AvgIpc) is 2.74. The summed E-state index contributed by atoms with van der Waals surface area (Å²) in [4.78, 5) is 16.8. The predicted octanol–water partition coefficient (Wildman–Crippen LogP) is 4.57. The Balaban J connectivity index is 1.63. The molecule has 1 fully saturated rings. The average molecular weight is 412 g/mol. The van der Waals surface area contributed by atoms with Crippen LogP contribution in [0.5, 0.6) is 5.75 Å². The first kappa shape index (κ1) is 18.7. The maximum Gasteiger partial charge on any atom is 0.229 e. The SMILES string of the molecule is COc1ccc(C2CC(=O)N3CN(c4ccc(Cl)cc4)CSC3=C2C#N)cc1. The molecule has 0 radical (unpaired) electrons. The van der Waals surface area contributed by atoms with Crippen molar-refractivity contribution in [3.63, 3.8) is 0 Å². The van der Waals surface area contributed by atoms with Crippen LogP contribution in [0.1, 0.15) is 17.9 Å². The van der Waals surface area contributed by atoms with E-state index in [1.54, 1.807) is 12.0 Å². The molecular formula is C21H18ClN3O2S. The minimum Gasteiger partial charge on any atom is -0.497 e. The lowest BCUT2D eigenvalue weighted by molar-refractivity contribution is -0.129. The third kappa shape index (κ3) is 3.44. The van der Waals surface area contributed by atoms with Crippen molar-refractivity contribution in [2.24, 2.45) is 0 Å². The molecule has 0 saturated carbocycles. The Morgan fingerprint density at radius 1 is 1.18 bits per heavy atom. The van der Waals surface area contributed by atoms with Gasteiger partial charge in [0.1, 0.15) is 5.75 Å². The highest BCUT2D eigenvalue weighted by atomic mass is 35.5. The van der Waals surface area contributed by atoms with Crippen molar-refractivity contribution in [1.82, 2.24) is 4.90 Å². The summed E-state index contributed by atoms with van der Waals surface area (Å²) < 4.78 is 5.21. The zero-order valence-electron chi connectivity index (χ0n) is 15.3. The predicted molar refractivity (Wildman–Crippen MR) is 111 cm³/mol. The summed E-state index contributed by atoms with van der Waals surface area (Å²) in [6, 6.07) is 17.5. The Labute approximate surface area is 173 Å². The van der Waals surface area contributed by atoms with E-state index in [-0.39, 0.29) is 18.2 Å². The highest BCUT2D eigenvalue weighted by Crippen LogP contribution is 2.43. The van der Waals surface area contributed by atoms with Crippen LogP contribution in [0.2, 0.25) is 5.02 Å². The first-order valence-electron chi connectivity index (χ1n) is 8.82. The molecule has 0 aromatic heterocycles. The number of amides is 1. The van der Waals surface area contributed by atoms with Crippen molar-refractivity contribution < 1.29 is 9.53 Å². The van der Waals surface area contributed by atoms with E-state index in [1.807, 2.05) is 48.5 Å². The van der Waals surface area contributed by atoms with E-state index in [2.05, 4.69) is 11.0 Å². The molecule has 142 valence electrons. The second-order valence-electron chi connectivity index (χ2n) is 6.61. The molecule has 1 unspecified atom stereocenters. The van der Waals surface area contributed by atoms with Crippen LogP contribution in [0, 0.1) is 11.3 Å². The number of nitriles is 1. The number of halogens is 1. The van der Waals surface area contributed by atoms with Crippen LogP contribution < -0.4 is 9.64 Å². The van der Waals surface area contributed by atoms with Crippen molar-refractivity contribution >= 4 is 35.0 Å². The van der Waals surface area contributed by atoms with Gasteiger partial charge in [-0.1, -0.05) is 35.5 Å². The Hall–Kier alpha value is -2.62. The number of nitrogens with zero attached hydrogens (tertiary/aromatic N) is 3. The lowest BCUT2D eigenvalue weighted by atomic mass is 9.86. The van der Waals surface area contributed by atoms with Crippen molar-refractivity contribution in [2.75, 3.05) is 24.6 Å². The molecule has 1 atom stereocenters. The maximum atomic E-state index is 12.9. The molecule has 7 heteroatoms. The standard InChI is InChI=1S/C21H18ClN3O2S/c1-27-17-8-2-14(3-9-17)18-10-20(26)25-12-24(13-28-21(25)19(18)11-23)16-6-4-15(22)5-7-16/h2-9,18H,10,12-13H2,1H3. The third-order valence-corrected chi connectivity index (χ3v) is 6.41. The molecule has 2 heterocycles. The van der Waals surface area contributed by atoms with Crippen LogP contribution in [-0.4, -0.2) is 30.5 Å². The second-order valence-corrected chi connectivity index (χ2v) is 7.98. The Morgan fingerprint density at radius 3 is 2.54 bits per heavy atom. The van der Waals surface area contributed by atoms with Gasteiger partial charge in [0.15, 0.2) is 0 Å². The molecule has 2 aromatic carbocycles. The Bertz CT molecular complexity index is 967. The monoisotopic (exact) mass is 411 g/mol. The number of anilines is 1. The first-order valence-corrected chi connectivity index (χ1v) is 10.2. The highest BCUT2D eigenvalue weighted by Gasteiger charge is 2.38. The molecule has 1 saturated heterocycles. The van der Waals surface area contributed by atoms with Crippen molar-refractivity contribution in [2.45, 2.75) is 12.3 Å². The van der Waals surface area contributed by atoms with Crippen molar-refractivity contribution in [3.8, 4) is 11.8 Å². The number of hydrogen-bond acceptors (Lipinski definition) is 5. The van der Waals surface area contributed by atoms with Gasteiger partial charge in [0.2, 0.25) is 5.91 Å². The van der Waals surface area contributed by atoms with Crippen molar-refractivity contribution in [3.05, 3.63) is 69.7 Å². The van der Waals surface area contributed by atoms with Crippen molar-refractivity contribution in [1.29, 1.82) is 5.26 Å². The fraction of sp³-hybridized carbons (Fsp3) is 0.238. The van der Waals surface area contributed by atoms with Gasteiger partial charge in [-0.05, 0) is 42.0 Å². The van der Waals surface area contributed by atoms with Crippen LogP contribution in [0.4, 0.5) is 5.69 Å². The highest BCUT2D eigenvalue weighted by molar-refractivity contribution is 8.03. The van der Waals surface area contributed by atoms with E-state index < -0.39 is 0 Å². The van der Waals surface area contributed by atoms with Crippen LogP contribution in [0.15, 0.2) is 59.1 Å². The normalized spacial score (nSPS) is 19.3. The fourth-order valence-electron chi connectivity index (χ4n) is 3.50. The molecule has 5 nitrogen and oxygen atoms in total. The summed E-state index contributed by atoms with van der Waals surface area (Å²) in [6.07, 6.45) is 0.285. The summed E-state index contributed by atoms with van der Waals surface area (Å²) in [6.45, 7) is 0.434. The summed E-state index contributed by atoms with van der Waals surface area (Å²) in [5, 5.41) is 11.3. The smallest absolute Gasteiger partial charge is 0.229 e. The first-order chi connectivity index (χ1) is 13.6. The largest absolute Gasteiger partial charge is 0.497 e. The zero-order chi connectivity index (χ0) is 19.7. The minimum absolute atomic E-state index is 0.0287. The number of thioether (sulfide) groups is 1. The van der Waals surface area contributed by atoms with Gasteiger partial charge >= 0.3 is 0 Å². The zero-order valence-corrected chi connectivity index (χ0v) is 16.8. The Morgan fingerprint density at radius 2 is 1.89 bits per heavy atom. The van der Waals surface area contributed by atoms with Crippen LogP contribution in [-0.2, 0) is 4.79 Å². The van der Waals surface area contributed by atoms with Gasteiger partial charge in [0.25, 0.3) is 0 Å². The van der Waals surface area contributed by atoms with Gasteiger partial charge in [0, 0.05) is 23.0 Å². The molecule has 0 bridgehead atoms. The van der Waals surface area contributed by atoms with E-state index in [1.165, 1.54) is 11.8 Å². The number of rotatable bonds is 3. The number of carbonyl (C=O) groups is 1. The molecule has 1 amide bonds. The third-order valence-electron chi connectivity index (χ3n) is 5.00. The topological polar surface area (TPSA) is 56.6 Å². The van der Waals surface area contributed by atoms with E-state index in [0.29, 0.717) is 23.1 Å². The summed E-state index contributed by atoms with van der Waals surface area (Å²) in [5.41, 5.74) is 2.61. The summed E-state index contributed by atoms with van der Waals surface area (Å²) >= 11 is 7.50. The minimum atomic E-state index is -0.218. The summed E-state index contributed by atoms with van der Waals surface area (Å²) in [7, 11) is 1.62. The van der Waals surface area contributed by atoms with Crippen LogP contribution in [0.3, 0.4) is 0 Å². The molecule has 2 aromatic rings. The lowest BCUT2D eigenvalue weighted by Gasteiger charge is -2.42. The molecule has 0 aliphatic carbocycles. The van der Waals surface area contributed by atoms with Gasteiger partial charge in [-0.2, -0.15) is 5.26 Å². The van der Waals surface area contributed by atoms with E-state index in [4.69, 9.17) is 16.3 Å². The summed E-state index contributed by atoms with van der Waals surface area (Å²) in [5.74, 6) is 1.23. The maximum absolute atomic E-state index is 12.9. The van der Waals surface area contributed by atoms with E-state index in [9.17, 15) is 10.1 Å². The van der Waals surface area contributed by atoms with Gasteiger partial charge in [-0.25, -0.2) is 0 Å². The second kappa shape index (κ2) is 7.78. The van der Waals surface area contributed by atoms with Crippen LogP contribution in [0.25, 0.3) is 0 Å². The quantitative estimate of drug-likeness (QED) is 0.740. The molecule has 0 N–H and O–H groups in total. The van der Waals surface area contributed by atoms with Gasteiger partial charge in [0.05, 0.1) is 36.3 Å². The molecule has 4 rings (SSSR count). The number of allylic oxidation sites excluding steroid dienone is 1. The van der Waals surface area contributed by atoms with Gasteiger partial charge in [-0.3, -0.25) is 9.69 Å². The van der Waals surface area contributed by atoms with Gasteiger partial charge in [-0.15, -0.1) is 0 Å².